The van der Waals surface area contributed by atoms with E-state index in [1.807, 2.05) is 36.4 Å². The highest BCUT2D eigenvalue weighted by Gasteiger charge is 2.10. The van der Waals surface area contributed by atoms with Crippen LogP contribution < -0.4 is 0 Å². The van der Waals surface area contributed by atoms with Gasteiger partial charge in [-0.1, -0.05) is 35.9 Å². The predicted molar refractivity (Wildman–Crippen MR) is 75.4 cm³/mol. The summed E-state index contributed by atoms with van der Waals surface area (Å²) in [5.74, 6) is 0. The maximum atomic E-state index is 11.2. The second-order valence-electron chi connectivity index (χ2n) is 4.07. The molecule has 0 atom stereocenters. The number of aromatic nitrogens is 2. The van der Waals surface area contributed by atoms with Crippen LogP contribution >= 0.6 is 11.6 Å². The summed E-state index contributed by atoms with van der Waals surface area (Å²) in [5.41, 5.74) is 3.21. The molecule has 0 bridgehead atoms. The normalized spacial score (nSPS) is 10.6. The largest absolute Gasteiger partial charge is 0.296 e. The lowest BCUT2D eigenvalue weighted by atomic mass is 10.1. The highest BCUT2D eigenvalue weighted by molar-refractivity contribution is 6.30. The first-order valence-electron chi connectivity index (χ1n) is 5.76. The molecule has 1 aromatic heterocycles. The van der Waals surface area contributed by atoms with Crippen LogP contribution in [0.2, 0.25) is 5.02 Å². The Hall–Kier alpha value is -2.26. The Bertz CT molecular complexity index is 754. The van der Waals surface area contributed by atoms with Crippen molar-refractivity contribution in [2.24, 2.45) is 0 Å². The molecule has 0 saturated heterocycles. The maximum Gasteiger partial charge on any atom is 0.170 e. The maximum absolute atomic E-state index is 11.2. The second kappa shape index (κ2) is 4.78. The second-order valence-corrected chi connectivity index (χ2v) is 4.51. The van der Waals surface area contributed by atoms with Crippen molar-refractivity contribution in [2.45, 2.75) is 0 Å². The van der Waals surface area contributed by atoms with Gasteiger partial charge in [0.2, 0.25) is 0 Å². The molecule has 0 saturated carbocycles. The van der Waals surface area contributed by atoms with Gasteiger partial charge in [0.25, 0.3) is 0 Å². The summed E-state index contributed by atoms with van der Waals surface area (Å²) in [7, 11) is 0. The molecule has 0 spiro atoms. The van der Waals surface area contributed by atoms with Crippen LogP contribution in [0.4, 0.5) is 0 Å². The molecule has 19 heavy (non-hydrogen) atoms. The number of aldehydes is 1. The van der Waals surface area contributed by atoms with Crippen molar-refractivity contribution >= 4 is 28.9 Å². The minimum absolute atomic E-state index is 0.334. The van der Waals surface area contributed by atoms with Crippen LogP contribution in [0.3, 0.4) is 0 Å². The molecule has 0 radical (unpaired) electrons. The van der Waals surface area contributed by atoms with E-state index in [4.69, 9.17) is 11.6 Å². The standard InChI is InChI=1S/C15H9ClN2O/c16-11-7-5-10(6-8-11)15-14(9-19)17-12-3-1-2-4-13(12)18-15/h1-9H. The number of para-hydroxylation sites is 2. The molecular weight excluding hydrogens is 260 g/mol. The molecule has 4 heteroatoms. The predicted octanol–water partition coefficient (Wildman–Crippen LogP) is 3.76. The van der Waals surface area contributed by atoms with Gasteiger partial charge in [0.1, 0.15) is 11.4 Å². The first kappa shape index (κ1) is 11.8. The molecule has 0 fully saturated rings. The number of fused-ring (bicyclic) bond motifs is 1. The number of hydrogen-bond donors (Lipinski definition) is 0. The zero-order valence-electron chi connectivity index (χ0n) is 9.88. The van der Waals surface area contributed by atoms with E-state index >= 15 is 0 Å². The first-order chi connectivity index (χ1) is 9.28. The van der Waals surface area contributed by atoms with Crippen LogP contribution in [0.15, 0.2) is 48.5 Å². The van der Waals surface area contributed by atoms with Crippen LogP contribution in [-0.2, 0) is 0 Å². The van der Waals surface area contributed by atoms with Gasteiger partial charge in [-0.25, -0.2) is 9.97 Å². The molecule has 0 aliphatic heterocycles. The summed E-state index contributed by atoms with van der Waals surface area (Å²) < 4.78 is 0. The van der Waals surface area contributed by atoms with E-state index in [0.29, 0.717) is 21.9 Å². The average Bonchev–Trinajstić information content (AvgIpc) is 2.46. The third kappa shape index (κ3) is 2.20. The van der Waals surface area contributed by atoms with E-state index < -0.39 is 0 Å². The molecule has 3 aromatic rings. The van der Waals surface area contributed by atoms with E-state index in [1.54, 1.807) is 12.1 Å². The topological polar surface area (TPSA) is 42.9 Å². The number of carbonyl (C=O) groups excluding carboxylic acids is 1. The van der Waals surface area contributed by atoms with Gasteiger partial charge in [-0.3, -0.25) is 4.79 Å². The zero-order valence-corrected chi connectivity index (χ0v) is 10.6. The van der Waals surface area contributed by atoms with Crippen molar-refractivity contribution < 1.29 is 4.79 Å². The lowest BCUT2D eigenvalue weighted by molar-refractivity contribution is 0.111. The van der Waals surface area contributed by atoms with E-state index in [0.717, 1.165) is 17.4 Å². The Kier molecular flexibility index (Phi) is 2.97. The fraction of sp³-hybridized carbons (Fsp3) is 0. The van der Waals surface area contributed by atoms with Crippen LogP contribution in [0.5, 0.6) is 0 Å². The summed E-state index contributed by atoms with van der Waals surface area (Å²) in [6.07, 6.45) is 0.726. The van der Waals surface area contributed by atoms with Crippen LogP contribution in [-0.4, -0.2) is 16.3 Å². The van der Waals surface area contributed by atoms with E-state index in [9.17, 15) is 4.79 Å². The molecule has 3 rings (SSSR count). The zero-order chi connectivity index (χ0) is 13.2. The Labute approximate surface area is 114 Å². The number of rotatable bonds is 2. The van der Waals surface area contributed by atoms with Crippen molar-refractivity contribution in [3.63, 3.8) is 0 Å². The minimum atomic E-state index is 0.334. The Balaban J connectivity index is 2.26. The molecule has 0 N–H and O–H groups in total. The number of halogens is 1. The van der Waals surface area contributed by atoms with Gasteiger partial charge < -0.3 is 0 Å². The van der Waals surface area contributed by atoms with Gasteiger partial charge in [-0.2, -0.15) is 0 Å². The van der Waals surface area contributed by atoms with E-state index in [2.05, 4.69) is 9.97 Å². The fourth-order valence-corrected chi connectivity index (χ4v) is 2.04. The van der Waals surface area contributed by atoms with Crippen LogP contribution in [0, 0.1) is 0 Å². The summed E-state index contributed by atoms with van der Waals surface area (Å²) in [6, 6.07) is 14.7. The molecule has 1 heterocycles. The lowest BCUT2D eigenvalue weighted by Gasteiger charge is -2.06. The SMILES string of the molecule is O=Cc1nc2ccccc2nc1-c1ccc(Cl)cc1. The summed E-state index contributed by atoms with van der Waals surface area (Å²) in [5, 5.41) is 0.644. The molecule has 92 valence electrons. The summed E-state index contributed by atoms with van der Waals surface area (Å²) in [4.78, 5) is 20.0. The average molecular weight is 269 g/mol. The minimum Gasteiger partial charge on any atom is -0.296 e. The van der Waals surface area contributed by atoms with Crippen molar-refractivity contribution in [1.82, 2.24) is 9.97 Å². The number of carbonyl (C=O) groups is 1. The number of hydrogen-bond acceptors (Lipinski definition) is 3. The smallest absolute Gasteiger partial charge is 0.170 e. The molecule has 3 nitrogen and oxygen atoms in total. The molecule has 0 unspecified atom stereocenters. The van der Waals surface area contributed by atoms with Gasteiger partial charge in [-0.05, 0) is 24.3 Å². The number of nitrogens with zero attached hydrogens (tertiary/aromatic N) is 2. The Morgan fingerprint density at radius 3 is 2.16 bits per heavy atom. The molecule has 2 aromatic carbocycles. The molecule has 0 aliphatic rings. The summed E-state index contributed by atoms with van der Waals surface area (Å²) in [6.45, 7) is 0. The van der Waals surface area contributed by atoms with E-state index in [1.165, 1.54) is 0 Å². The van der Waals surface area contributed by atoms with Gasteiger partial charge >= 0.3 is 0 Å². The summed E-state index contributed by atoms with van der Waals surface area (Å²) >= 11 is 5.86. The van der Waals surface area contributed by atoms with Gasteiger partial charge in [0.05, 0.1) is 11.0 Å². The van der Waals surface area contributed by atoms with Gasteiger partial charge in [0, 0.05) is 10.6 Å². The van der Waals surface area contributed by atoms with E-state index in [-0.39, 0.29) is 0 Å². The molecule has 0 amide bonds. The third-order valence-corrected chi connectivity index (χ3v) is 3.08. The van der Waals surface area contributed by atoms with Crippen LogP contribution in [0.25, 0.3) is 22.3 Å². The monoisotopic (exact) mass is 268 g/mol. The quantitative estimate of drug-likeness (QED) is 0.665. The van der Waals surface area contributed by atoms with Crippen molar-refractivity contribution in [3.8, 4) is 11.3 Å². The third-order valence-electron chi connectivity index (χ3n) is 2.83. The van der Waals surface area contributed by atoms with Crippen LogP contribution in [0.1, 0.15) is 10.5 Å². The highest BCUT2D eigenvalue weighted by atomic mass is 35.5. The Morgan fingerprint density at radius 1 is 0.895 bits per heavy atom. The fourth-order valence-electron chi connectivity index (χ4n) is 1.92. The highest BCUT2D eigenvalue weighted by Crippen LogP contribution is 2.23. The van der Waals surface area contributed by atoms with Crippen molar-refractivity contribution in [1.29, 1.82) is 0 Å². The Morgan fingerprint density at radius 2 is 1.53 bits per heavy atom. The first-order valence-corrected chi connectivity index (χ1v) is 6.13. The lowest BCUT2D eigenvalue weighted by Crippen LogP contribution is -1.97. The number of benzene rings is 2. The van der Waals surface area contributed by atoms with Crippen molar-refractivity contribution in [2.75, 3.05) is 0 Å². The van der Waals surface area contributed by atoms with Gasteiger partial charge in [0.15, 0.2) is 6.29 Å². The van der Waals surface area contributed by atoms with Gasteiger partial charge in [-0.15, -0.1) is 0 Å². The van der Waals surface area contributed by atoms with Crippen molar-refractivity contribution in [3.05, 3.63) is 59.2 Å². The molecular formula is C15H9ClN2O. The molecule has 0 aliphatic carbocycles.